The number of hydrogen-bond donors (Lipinski definition) is 0. The fourth-order valence-electron chi connectivity index (χ4n) is 3.03. The van der Waals surface area contributed by atoms with Crippen molar-refractivity contribution in [3.8, 4) is 0 Å². The van der Waals surface area contributed by atoms with Crippen LogP contribution < -0.4 is 4.90 Å². The van der Waals surface area contributed by atoms with Crippen LogP contribution in [0.5, 0.6) is 0 Å². The first-order chi connectivity index (χ1) is 10.8. The Hall–Kier alpha value is -1.50. The average molecular weight is 297 g/mol. The monoisotopic (exact) mass is 297 g/mol. The Bertz CT molecular complexity index is 546. The third kappa shape index (κ3) is 5.05. The van der Waals surface area contributed by atoms with Crippen LogP contribution in [0.25, 0.3) is 10.8 Å². The van der Waals surface area contributed by atoms with E-state index < -0.39 is 0 Å². The molecule has 0 radical (unpaired) electrons. The van der Waals surface area contributed by atoms with Gasteiger partial charge in [-0.1, -0.05) is 76.3 Å². The van der Waals surface area contributed by atoms with Crippen molar-refractivity contribution >= 4 is 16.5 Å². The minimum atomic E-state index is 1.19. The van der Waals surface area contributed by atoms with Crippen molar-refractivity contribution in [1.82, 2.24) is 0 Å². The molecule has 0 aliphatic heterocycles. The van der Waals surface area contributed by atoms with E-state index in [9.17, 15) is 0 Å². The molecule has 2 aromatic carbocycles. The summed E-state index contributed by atoms with van der Waals surface area (Å²) in [5.74, 6) is 0. The van der Waals surface area contributed by atoms with Crippen LogP contribution in [-0.4, -0.2) is 13.1 Å². The zero-order chi connectivity index (χ0) is 15.6. The molecule has 2 aromatic rings. The number of rotatable bonds is 10. The molecule has 0 saturated carbocycles. The number of hydrogen-bond acceptors (Lipinski definition) is 1. The van der Waals surface area contributed by atoms with E-state index in [0.717, 1.165) is 0 Å². The maximum atomic E-state index is 2.60. The molecule has 0 atom stereocenters. The highest BCUT2D eigenvalue weighted by molar-refractivity contribution is 5.85. The predicted octanol–water partition coefficient (Wildman–Crippen LogP) is 6.42. The minimum Gasteiger partial charge on any atom is -0.372 e. The second kappa shape index (κ2) is 9.50. The Morgan fingerprint density at radius 1 is 0.682 bits per heavy atom. The molecule has 120 valence electrons. The lowest BCUT2D eigenvalue weighted by Gasteiger charge is -2.25. The third-order valence-electron chi connectivity index (χ3n) is 4.41. The van der Waals surface area contributed by atoms with Gasteiger partial charge < -0.3 is 4.90 Å². The third-order valence-corrected chi connectivity index (χ3v) is 4.41. The SMILES string of the molecule is CCCCCCN(CCCCC)c1ccc2ccccc2c1. The van der Waals surface area contributed by atoms with Crippen LogP contribution >= 0.6 is 0 Å². The van der Waals surface area contributed by atoms with Gasteiger partial charge in [-0.3, -0.25) is 0 Å². The molecule has 0 aromatic heterocycles. The van der Waals surface area contributed by atoms with Crippen LogP contribution in [0.4, 0.5) is 5.69 Å². The molecule has 1 heteroatoms. The summed E-state index contributed by atoms with van der Waals surface area (Å²) < 4.78 is 0. The molecule has 2 rings (SSSR count). The summed E-state index contributed by atoms with van der Waals surface area (Å²) in [6.45, 7) is 6.95. The summed E-state index contributed by atoms with van der Waals surface area (Å²) in [5.41, 5.74) is 1.39. The van der Waals surface area contributed by atoms with E-state index >= 15 is 0 Å². The van der Waals surface area contributed by atoms with Gasteiger partial charge in [0, 0.05) is 18.8 Å². The first kappa shape index (κ1) is 16.9. The van der Waals surface area contributed by atoms with Gasteiger partial charge in [-0.05, 0) is 35.7 Å². The van der Waals surface area contributed by atoms with Gasteiger partial charge >= 0.3 is 0 Å². The van der Waals surface area contributed by atoms with E-state index in [1.54, 1.807) is 0 Å². The summed E-state index contributed by atoms with van der Waals surface area (Å²) in [5, 5.41) is 2.69. The Kier molecular flexibility index (Phi) is 7.28. The number of anilines is 1. The molecule has 0 N–H and O–H groups in total. The van der Waals surface area contributed by atoms with Gasteiger partial charge in [-0.25, -0.2) is 0 Å². The van der Waals surface area contributed by atoms with Crippen molar-refractivity contribution < 1.29 is 0 Å². The van der Waals surface area contributed by atoms with E-state index in [1.807, 2.05) is 0 Å². The van der Waals surface area contributed by atoms with Gasteiger partial charge in [-0.2, -0.15) is 0 Å². The highest BCUT2D eigenvalue weighted by Crippen LogP contribution is 2.23. The molecular weight excluding hydrogens is 266 g/mol. The Morgan fingerprint density at radius 3 is 2.05 bits per heavy atom. The smallest absolute Gasteiger partial charge is 0.0372 e. The van der Waals surface area contributed by atoms with E-state index in [4.69, 9.17) is 0 Å². The van der Waals surface area contributed by atoms with Crippen molar-refractivity contribution in [2.24, 2.45) is 0 Å². The fraction of sp³-hybridized carbons (Fsp3) is 0.524. The first-order valence-corrected chi connectivity index (χ1v) is 9.09. The molecule has 0 amide bonds. The minimum absolute atomic E-state index is 1.19. The van der Waals surface area contributed by atoms with Crippen LogP contribution in [-0.2, 0) is 0 Å². The molecule has 1 nitrogen and oxygen atoms in total. The number of unbranched alkanes of at least 4 members (excludes halogenated alkanes) is 5. The fourth-order valence-corrected chi connectivity index (χ4v) is 3.03. The van der Waals surface area contributed by atoms with Crippen molar-refractivity contribution in [2.75, 3.05) is 18.0 Å². The van der Waals surface area contributed by atoms with Gasteiger partial charge in [0.05, 0.1) is 0 Å². The molecule has 0 spiro atoms. The topological polar surface area (TPSA) is 3.24 Å². The molecule has 0 aliphatic carbocycles. The Morgan fingerprint density at radius 2 is 1.32 bits per heavy atom. The van der Waals surface area contributed by atoms with Crippen LogP contribution in [0.1, 0.15) is 58.8 Å². The van der Waals surface area contributed by atoms with Gasteiger partial charge in [0.2, 0.25) is 0 Å². The normalized spacial score (nSPS) is 11.0. The lowest BCUT2D eigenvalue weighted by atomic mass is 10.1. The number of nitrogens with zero attached hydrogens (tertiary/aromatic N) is 1. The largest absolute Gasteiger partial charge is 0.372 e. The van der Waals surface area contributed by atoms with Crippen molar-refractivity contribution in [1.29, 1.82) is 0 Å². The van der Waals surface area contributed by atoms with Crippen molar-refractivity contribution in [2.45, 2.75) is 58.8 Å². The maximum Gasteiger partial charge on any atom is 0.0372 e. The van der Waals surface area contributed by atoms with Crippen molar-refractivity contribution in [3.05, 3.63) is 42.5 Å². The van der Waals surface area contributed by atoms with E-state index in [-0.39, 0.29) is 0 Å². The first-order valence-electron chi connectivity index (χ1n) is 9.09. The van der Waals surface area contributed by atoms with E-state index in [1.165, 1.54) is 74.5 Å². The predicted molar refractivity (Wildman–Crippen MR) is 99.8 cm³/mol. The number of fused-ring (bicyclic) bond motifs is 1. The second-order valence-corrected chi connectivity index (χ2v) is 6.29. The lowest BCUT2D eigenvalue weighted by molar-refractivity contribution is 0.620. The van der Waals surface area contributed by atoms with E-state index in [0.29, 0.717) is 0 Å². The molecular formula is C21H31N. The quantitative estimate of drug-likeness (QED) is 0.457. The zero-order valence-electron chi connectivity index (χ0n) is 14.4. The van der Waals surface area contributed by atoms with Crippen LogP contribution in [0, 0.1) is 0 Å². The maximum absolute atomic E-state index is 2.60. The second-order valence-electron chi connectivity index (χ2n) is 6.29. The number of benzene rings is 2. The van der Waals surface area contributed by atoms with Crippen LogP contribution in [0.15, 0.2) is 42.5 Å². The van der Waals surface area contributed by atoms with Crippen LogP contribution in [0.3, 0.4) is 0 Å². The average Bonchev–Trinajstić information content (AvgIpc) is 2.57. The summed E-state index contributed by atoms with van der Waals surface area (Å²) >= 11 is 0. The van der Waals surface area contributed by atoms with Crippen LogP contribution in [0.2, 0.25) is 0 Å². The van der Waals surface area contributed by atoms with E-state index in [2.05, 4.69) is 61.2 Å². The molecule has 0 aliphatic rings. The Labute approximate surface area is 136 Å². The summed E-state index contributed by atoms with van der Waals surface area (Å²) in [7, 11) is 0. The molecule has 0 heterocycles. The molecule has 0 bridgehead atoms. The summed E-state index contributed by atoms with van der Waals surface area (Å²) in [6.07, 6.45) is 9.27. The van der Waals surface area contributed by atoms with Gasteiger partial charge in [0.25, 0.3) is 0 Å². The summed E-state index contributed by atoms with van der Waals surface area (Å²) in [4.78, 5) is 2.60. The molecule has 0 saturated heterocycles. The highest BCUT2D eigenvalue weighted by atomic mass is 15.1. The Balaban J connectivity index is 2.06. The van der Waals surface area contributed by atoms with Gasteiger partial charge in [0.1, 0.15) is 0 Å². The van der Waals surface area contributed by atoms with Gasteiger partial charge in [0.15, 0.2) is 0 Å². The standard InChI is InChI=1S/C21H31N/c1-3-5-7-11-17-22(16-10-6-4-2)21-15-14-19-12-8-9-13-20(19)18-21/h8-9,12-15,18H,3-7,10-11,16-17H2,1-2H3. The molecule has 22 heavy (non-hydrogen) atoms. The molecule has 0 unspecified atom stereocenters. The van der Waals surface area contributed by atoms with Gasteiger partial charge in [-0.15, -0.1) is 0 Å². The molecule has 0 fully saturated rings. The van der Waals surface area contributed by atoms with Crippen molar-refractivity contribution in [3.63, 3.8) is 0 Å². The highest BCUT2D eigenvalue weighted by Gasteiger charge is 2.07. The zero-order valence-corrected chi connectivity index (χ0v) is 14.4. The summed E-state index contributed by atoms with van der Waals surface area (Å²) in [6, 6.07) is 15.6. The lowest BCUT2D eigenvalue weighted by Crippen LogP contribution is -2.25.